The summed E-state index contributed by atoms with van der Waals surface area (Å²) in [4.78, 5) is 24.7. The van der Waals surface area contributed by atoms with E-state index in [1.807, 2.05) is 30.3 Å². The van der Waals surface area contributed by atoms with E-state index in [-0.39, 0.29) is 23.9 Å². The minimum absolute atomic E-state index is 0.0194. The number of carbonyl (C=O) groups is 2. The minimum atomic E-state index is -0.569. The fourth-order valence-corrected chi connectivity index (χ4v) is 3.37. The molecule has 142 valence electrons. The van der Waals surface area contributed by atoms with Crippen molar-refractivity contribution < 1.29 is 14.0 Å². The lowest BCUT2D eigenvalue weighted by Crippen LogP contribution is -2.17. The zero-order valence-electron chi connectivity index (χ0n) is 15.1. The van der Waals surface area contributed by atoms with Crippen LogP contribution in [0.2, 0.25) is 0 Å². The van der Waals surface area contributed by atoms with E-state index in [0.29, 0.717) is 11.4 Å². The summed E-state index contributed by atoms with van der Waals surface area (Å²) >= 11 is 0. The van der Waals surface area contributed by atoms with Gasteiger partial charge in [-0.25, -0.2) is 4.39 Å². The monoisotopic (exact) mass is 378 g/mol. The Hall–Kier alpha value is -3.48. The maximum atomic E-state index is 14.1. The van der Waals surface area contributed by atoms with Gasteiger partial charge in [-0.15, -0.1) is 0 Å². The minimum Gasteiger partial charge on any atom is -0.323 e. The quantitative estimate of drug-likeness (QED) is 0.635. The van der Waals surface area contributed by atoms with Crippen LogP contribution in [0.15, 0.2) is 48.5 Å². The highest BCUT2D eigenvalue weighted by Gasteiger charge is 2.23. The maximum Gasteiger partial charge on any atom is 0.276 e. The van der Waals surface area contributed by atoms with Gasteiger partial charge in [-0.2, -0.15) is 5.10 Å². The van der Waals surface area contributed by atoms with E-state index in [1.165, 1.54) is 18.2 Å². The van der Waals surface area contributed by atoms with Crippen molar-refractivity contribution in [2.45, 2.75) is 25.7 Å². The van der Waals surface area contributed by atoms with Gasteiger partial charge >= 0.3 is 0 Å². The first-order chi connectivity index (χ1) is 13.6. The SMILES string of the molecule is O=C(Cc1ccccc1)Nc1cc(NC(=O)c2n[nH]c3c2CCC3)ccc1F. The summed E-state index contributed by atoms with van der Waals surface area (Å²) in [5.41, 5.74) is 3.54. The number of nitrogens with zero attached hydrogens (tertiary/aromatic N) is 1. The van der Waals surface area contributed by atoms with Gasteiger partial charge in [0, 0.05) is 16.9 Å². The molecular weight excluding hydrogens is 359 g/mol. The molecule has 0 fully saturated rings. The summed E-state index contributed by atoms with van der Waals surface area (Å²) in [5.74, 6) is -1.26. The second-order valence-electron chi connectivity index (χ2n) is 6.74. The Kier molecular flexibility index (Phi) is 4.89. The van der Waals surface area contributed by atoms with Crippen LogP contribution in [0.5, 0.6) is 0 Å². The van der Waals surface area contributed by atoms with E-state index in [2.05, 4.69) is 20.8 Å². The molecule has 28 heavy (non-hydrogen) atoms. The number of fused-ring (bicyclic) bond motifs is 1. The molecule has 0 radical (unpaired) electrons. The fourth-order valence-electron chi connectivity index (χ4n) is 3.37. The Morgan fingerprint density at radius 2 is 1.89 bits per heavy atom. The largest absolute Gasteiger partial charge is 0.323 e. The molecule has 1 aliphatic rings. The number of aryl methyl sites for hydroxylation is 1. The fraction of sp³-hybridized carbons (Fsp3) is 0.190. The third kappa shape index (κ3) is 3.78. The first-order valence-corrected chi connectivity index (χ1v) is 9.11. The van der Waals surface area contributed by atoms with E-state index in [0.717, 1.165) is 36.1 Å². The Morgan fingerprint density at radius 3 is 2.71 bits per heavy atom. The van der Waals surface area contributed by atoms with Gasteiger partial charge in [0.1, 0.15) is 5.82 Å². The average molecular weight is 378 g/mol. The van der Waals surface area contributed by atoms with Crippen molar-refractivity contribution in [3.05, 3.63) is 76.9 Å². The van der Waals surface area contributed by atoms with Crippen LogP contribution < -0.4 is 10.6 Å². The summed E-state index contributed by atoms with van der Waals surface area (Å²) in [6.45, 7) is 0. The van der Waals surface area contributed by atoms with Gasteiger partial charge in [0.15, 0.2) is 5.69 Å². The summed E-state index contributed by atoms with van der Waals surface area (Å²) in [7, 11) is 0. The van der Waals surface area contributed by atoms with E-state index in [9.17, 15) is 14.0 Å². The number of amides is 2. The molecule has 0 unspecified atom stereocenters. The summed E-state index contributed by atoms with van der Waals surface area (Å²) in [6.07, 6.45) is 2.84. The Morgan fingerprint density at radius 1 is 1.07 bits per heavy atom. The molecule has 3 aromatic rings. The lowest BCUT2D eigenvalue weighted by atomic mass is 10.1. The van der Waals surface area contributed by atoms with E-state index in [1.54, 1.807) is 0 Å². The number of rotatable bonds is 5. The first kappa shape index (κ1) is 17.9. The van der Waals surface area contributed by atoms with Gasteiger partial charge < -0.3 is 10.6 Å². The zero-order chi connectivity index (χ0) is 19.5. The van der Waals surface area contributed by atoms with Crippen LogP contribution in [-0.4, -0.2) is 22.0 Å². The van der Waals surface area contributed by atoms with Gasteiger partial charge in [-0.3, -0.25) is 14.7 Å². The second kappa shape index (κ2) is 7.64. The van der Waals surface area contributed by atoms with Crippen molar-refractivity contribution in [2.75, 3.05) is 10.6 Å². The molecule has 1 aliphatic carbocycles. The van der Waals surface area contributed by atoms with Crippen molar-refractivity contribution in [1.29, 1.82) is 0 Å². The number of carbonyl (C=O) groups excluding carboxylic acids is 2. The smallest absolute Gasteiger partial charge is 0.276 e. The number of hydrogen-bond acceptors (Lipinski definition) is 3. The molecular formula is C21H19FN4O2. The second-order valence-corrected chi connectivity index (χ2v) is 6.74. The van der Waals surface area contributed by atoms with Gasteiger partial charge in [-0.1, -0.05) is 30.3 Å². The highest BCUT2D eigenvalue weighted by Crippen LogP contribution is 2.25. The van der Waals surface area contributed by atoms with E-state index < -0.39 is 5.82 Å². The number of aromatic amines is 1. The van der Waals surface area contributed by atoms with Crippen LogP contribution in [0, 0.1) is 5.82 Å². The van der Waals surface area contributed by atoms with E-state index in [4.69, 9.17) is 0 Å². The van der Waals surface area contributed by atoms with Gasteiger partial charge in [-0.05, 0) is 43.0 Å². The van der Waals surface area contributed by atoms with Crippen molar-refractivity contribution >= 4 is 23.2 Å². The number of benzene rings is 2. The summed E-state index contributed by atoms with van der Waals surface area (Å²) < 4.78 is 14.1. The standard InChI is InChI=1S/C21H19FN4O2/c22-16-10-9-14(23-21(28)20-15-7-4-8-17(15)25-26-20)12-18(16)24-19(27)11-13-5-2-1-3-6-13/h1-3,5-6,9-10,12H,4,7-8,11H2,(H,23,28)(H,24,27)(H,25,26). The number of hydrogen-bond donors (Lipinski definition) is 3. The van der Waals surface area contributed by atoms with Crippen LogP contribution in [0.3, 0.4) is 0 Å². The lowest BCUT2D eigenvalue weighted by Gasteiger charge is -2.10. The molecule has 0 atom stereocenters. The number of H-pyrrole nitrogens is 1. The van der Waals surface area contributed by atoms with Crippen molar-refractivity contribution in [1.82, 2.24) is 10.2 Å². The molecule has 2 aromatic carbocycles. The predicted octanol–water partition coefficient (Wildman–Crippen LogP) is 3.47. The number of anilines is 2. The van der Waals surface area contributed by atoms with Crippen molar-refractivity contribution in [2.24, 2.45) is 0 Å². The molecule has 2 amide bonds. The molecule has 1 aromatic heterocycles. The van der Waals surface area contributed by atoms with Crippen LogP contribution in [0.1, 0.15) is 33.7 Å². The molecule has 7 heteroatoms. The van der Waals surface area contributed by atoms with Gasteiger partial charge in [0.05, 0.1) is 12.1 Å². The zero-order valence-corrected chi connectivity index (χ0v) is 15.1. The third-order valence-corrected chi connectivity index (χ3v) is 4.73. The van der Waals surface area contributed by atoms with Gasteiger partial charge in [0.2, 0.25) is 5.91 Å². The number of nitrogens with one attached hydrogen (secondary N) is 3. The summed E-state index contributed by atoms with van der Waals surface area (Å²) in [5, 5.41) is 12.3. The topological polar surface area (TPSA) is 86.9 Å². The molecule has 0 spiro atoms. The highest BCUT2D eigenvalue weighted by atomic mass is 19.1. The maximum absolute atomic E-state index is 14.1. The molecule has 4 rings (SSSR count). The first-order valence-electron chi connectivity index (χ1n) is 9.11. The molecule has 0 saturated carbocycles. The van der Waals surface area contributed by atoms with Crippen LogP contribution in [0.4, 0.5) is 15.8 Å². The molecule has 1 heterocycles. The van der Waals surface area contributed by atoms with Crippen LogP contribution in [0.25, 0.3) is 0 Å². The number of halogens is 1. The van der Waals surface area contributed by atoms with Crippen LogP contribution in [-0.2, 0) is 24.1 Å². The highest BCUT2D eigenvalue weighted by molar-refractivity contribution is 6.04. The number of aromatic nitrogens is 2. The Balaban J connectivity index is 1.46. The van der Waals surface area contributed by atoms with E-state index >= 15 is 0 Å². The average Bonchev–Trinajstić information content (AvgIpc) is 3.29. The molecule has 0 bridgehead atoms. The predicted molar refractivity (Wildman–Crippen MR) is 104 cm³/mol. The van der Waals surface area contributed by atoms with Crippen LogP contribution >= 0.6 is 0 Å². The Bertz CT molecular complexity index is 1030. The molecule has 0 aliphatic heterocycles. The molecule has 3 N–H and O–H groups in total. The van der Waals surface area contributed by atoms with Crippen molar-refractivity contribution in [3.63, 3.8) is 0 Å². The normalized spacial score (nSPS) is 12.5. The molecule has 6 nitrogen and oxygen atoms in total. The molecule has 0 saturated heterocycles. The Labute approximate surface area is 161 Å². The lowest BCUT2D eigenvalue weighted by molar-refractivity contribution is -0.115. The van der Waals surface area contributed by atoms with Crippen molar-refractivity contribution in [3.8, 4) is 0 Å². The van der Waals surface area contributed by atoms with Gasteiger partial charge in [0.25, 0.3) is 5.91 Å². The third-order valence-electron chi connectivity index (χ3n) is 4.73. The summed E-state index contributed by atoms with van der Waals surface area (Å²) in [6, 6.07) is 13.3.